The van der Waals surface area contributed by atoms with E-state index in [1.807, 2.05) is 26.8 Å². The SMILES string of the molecule is CCOCCCNC(=O)/C=C(\C)c1cc2c3c(oc2cc1OCC)CCCC3. The van der Waals surface area contributed by atoms with Crippen LogP contribution in [0.5, 0.6) is 5.75 Å². The van der Waals surface area contributed by atoms with Crippen LogP contribution in [0.1, 0.15) is 56.9 Å². The van der Waals surface area contributed by atoms with Crippen molar-refractivity contribution in [2.75, 3.05) is 26.4 Å². The summed E-state index contributed by atoms with van der Waals surface area (Å²) in [5.74, 6) is 1.78. The maximum atomic E-state index is 12.3. The highest BCUT2D eigenvalue weighted by Gasteiger charge is 2.20. The molecule has 0 saturated carbocycles. The normalized spacial score (nSPS) is 14.2. The molecule has 1 N–H and O–H groups in total. The van der Waals surface area contributed by atoms with Crippen molar-refractivity contribution < 1.29 is 18.7 Å². The first kappa shape index (κ1) is 20.5. The predicted octanol–water partition coefficient (Wildman–Crippen LogP) is 4.66. The van der Waals surface area contributed by atoms with Gasteiger partial charge in [-0.25, -0.2) is 0 Å². The van der Waals surface area contributed by atoms with Gasteiger partial charge in [-0.05, 0) is 58.1 Å². The van der Waals surface area contributed by atoms with Gasteiger partial charge >= 0.3 is 0 Å². The van der Waals surface area contributed by atoms with Crippen LogP contribution in [-0.2, 0) is 22.4 Å². The summed E-state index contributed by atoms with van der Waals surface area (Å²) in [6.07, 6.45) is 6.89. The minimum absolute atomic E-state index is 0.0919. The van der Waals surface area contributed by atoms with Gasteiger partial charge in [0, 0.05) is 54.8 Å². The number of carbonyl (C=O) groups excluding carboxylic acids is 1. The minimum atomic E-state index is -0.0919. The third-order valence-corrected chi connectivity index (χ3v) is 5.10. The number of amides is 1. The lowest BCUT2D eigenvalue weighted by Gasteiger charge is -2.12. The van der Waals surface area contributed by atoms with Crippen LogP contribution in [0.25, 0.3) is 16.5 Å². The van der Waals surface area contributed by atoms with Crippen molar-refractivity contribution in [1.29, 1.82) is 0 Å². The zero-order valence-electron chi connectivity index (χ0n) is 17.2. The molecule has 5 nitrogen and oxygen atoms in total. The topological polar surface area (TPSA) is 60.7 Å². The number of furan rings is 1. The fraction of sp³-hybridized carbons (Fsp3) is 0.522. The molecule has 0 bridgehead atoms. The molecule has 0 aliphatic heterocycles. The molecule has 1 amide bonds. The summed E-state index contributed by atoms with van der Waals surface area (Å²) >= 11 is 0. The lowest BCUT2D eigenvalue weighted by atomic mass is 9.94. The Balaban J connectivity index is 1.83. The maximum Gasteiger partial charge on any atom is 0.244 e. The van der Waals surface area contributed by atoms with Gasteiger partial charge in [0.2, 0.25) is 5.91 Å². The van der Waals surface area contributed by atoms with Gasteiger partial charge in [0.25, 0.3) is 0 Å². The molecule has 1 aromatic carbocycles. The number of allylic oxidation sites excluding steroid dienone is 1. The highest BCUT2D eigenvalue weighted by molar-refractivity contribution is 5.97. The van der Waals surface area contributed by atoms with Crippen molar-refractivity contribution >= 4 is 22.4 Å². The van der Waals surface area contributed by atoms with Crippen molar-refractivity contribution in [3.8, 4) is 5.75 Å². The summed E-state index contributed by atoms with van der Waals surface area (Å²) in [6.45, 7) is 8.42. The second-order valence-electron chi connectivity index (χ2n) is 7.16. The lowest BCUT2D eigenvalue weighted by molar-refractivity contribution is -0.116. The summed E-state index contributed by atoms with van der Waals surface area (Å²) < 4.78 is 17.2. The highest BCUT2D eigenvalue weighted by Crippen LogP contribution is 2.38. The fourth-order valence-electron chi connectivity index (χ4n) is 3.73. The standard InChI is InChI=1S/C23H31NO4/c1-4-26-12-8-11-24-23(25)13-16(3)18-14-19-17-9-6-7-10-20(17)28-22(19)15-21(18)27-5-2/h13-15H,4-12H2,1-3H3,(H,24,25)/b16-13+. The van der Waals surface area contributed by atoms with Crippen molar-refractivity contribution in [2.24, 2.45) is 0 Å². The Bertz CT molecular complexity index is 850. The summed E-state index contributed by atoms with van der Waals surface area (Å²) in [7, 11) is 0. The van der Waals surface area contributed by atoms with E-state index in [-0.39, 0.29) is 5.91 Å². The van der Waals surface area contributed by atoms with Crippen LogP contribution >= 0.6 is 0 Å². The van der Waals surface area contributed by atoms with Gasteiger partial charge in [-0.2, -0.15) is 0 Å². The first-order valence-corrected chi connectivity index (χ1v) is 10.4. The van der Waals surface area contributed by atoms with Gasteiger partial charge < -0.3 is 19.2 Å². The molecule has 1 aromatic heterocycles. The van der Waals surface area contributed by atoms with E-state index in [0.717, 1.165) is 52.9 Å². The molecule has 0 saturated heterocycles. The molecule has 0 unspecified atom stereocenters. The largest absolute Gasteiger partial charge is 0.493 e. The Morgan fingerprint density at radius 2 is 2.04 bits per heavy atom. The maximum absolute atomic E-state index is 12.3. The Hall–Kier alpha value is -2.27. The van der Waals surface area contributed by atoms with Crippen LogP contribution in [0.3, 0.4) is 0 Å². The zero-order valence-corrected chi connectivity index (χ0v) is 17.2. The van der Waals surface area contributed by atoms with Gasteiger partial charge in [0.15, 0.2) is 0 Å². The van der Waals surface area contributed by atoms with Crippen LogP contribution in [-0.4, -0.2) is 32.3 Å². The smallest absolute Gasteiger partial charge is 0.244 e. The number of nitrogens with one attached hydrogen (secondary N) is 1. The molecule has 0 fully saturated rings. The van der Waals surface area contributed by atoms with Gasteiger partial charge in [-0.1, -0.05) is 0 Å². The van der Waals surface area contributed by atoms with Crippen molar-refractivity contribution in [2.45, 2.75) is 52.9 Å². The lowest BCUT2D eigenvalue weighted by Crippen LogP contribution is -2.23. The fourth-order valence-corrected chi connectivity index (χ4v) is 3.73. The van der Waals surface area contributed by atoms with Crippen LogP contribution in [0.15, 0.2) is 22.6 Å². The molecular formula is C23H31NO4. The number of hydrogen-bond acceptors (Lipinski definition) is 4. The number of hydrogen-bond donors (Lipinski definition) is 1. The number of benzene rings is 1. The summed E-state index contributed by atoms with van der Waals surface area (Å²) in [5.41, 5.74) is 4.04. The van der Waals surface area contributed by atoms with E-state index >= 15 is 0 Å². The third kappa shape index (κ3) is 4.76. The third-order valence-electron chi connectivity index (χ3n) is 5.10. The van der Waals surface area contributed by atoms with E-state index in [9.17, 15) is 4.79 Å². The minimum Gasteiger partial charge on any atom is -0.493 e. The van der Waals surface area contributed by atoms with Gasteiger partial charge in [-0.3, -0.25) is 4.79 Å². The van der Waals surface area contributed by atoms with Crippen molar-refractivity contribution in [3.05, 3.63) is 35.1 Å². The summed E-state index contributed by atoms with van der Waals surface area (Å²) in [4.78, 5) is 12.3. The molecule has 0 atom stereocenters. The molecule has 1 aliphatic rings. The van der Waals surface area contributed by atoms with Crippen LogP contribution in [0.2, 0.25) is 0 Å². The van der Waals surface area contributed by atoms with E-state index in [4.69, 9.17) is 13.9 Å². The number of aryl methyl sites for hydroxylation is 2. The van der Waals surface area contributed by atoms with E-state index in [2.05, 4.69) is 11.4 Å². The second kappa shape index (κ2) is 9.78. The summed E-state index contributed by atoms with van der Waals surface area (Å²) in [5, 5.41) is 4.07. The quantitative estimate of drug-likeness (QED) is 0.504. The molecule has 5 heteroatoms. The average Bonchev–Trinajstić information content (AvgIpc) is 3.05. The highest BCUT2D eigenvalue weighted by atomic mass is 16.5. The van der Waals surface area contributed by atoms with Crippen LogP contribution in [0.4, 0.5) is 0 Å². The van der Waals surface area contributed by atoms with Gasteiger partial charge in [0.1, 0.15) is 17.1 Å². The first-order chi connectivity index (χ1) is 13.6. The van der Waals surface area contributed by atoms with E-state index in [1.165, 1.54) is 18.4 Å². The number of fused-ring (bicyclic) bond motifs is 3. The van der Waals surface area contributed by atoms with E-state index < -0.39 is 0 Å². The average molecular weight is 386 g/mol. The van der Waals surface area contributed by atoms with Crippen molar-refractivity contribution in [1.82, 2.24) is 5.32 Å². The molecule has 0 spiro atoms. The van der Waals surface area contributed by atoms with Crippen LogP contribution < -0.4 is 10.1 Å². The van der Waals surface area contributed by atoms with Gasteiger partial charge in [0.05, 0.1) is 6.61 Å². The van der Waals surface area contributed by atoms with E-state index in [1.54, 1.807) is 6.08 Å². The van der Waals surface area contributed by atoms with E-state index in [0.29, 0.717) is 26.4 Å². The monoisotopic (exact) mass is 385 g/mol. The first-order valence-electron chi connectivity index (χ1n) is 10.4. The molecule has 0 radical (unpaired) electrons. The molecule has 1 aliphatic carbocycles. The Labute approximate surface area is 167 Å². The van der Waals surface area contributed by atoms with Crippen molar-refractivity contribution in [3.63, 3.8) is 0 Å². The number of ether oxygens (including phenoxy) is 2. The molecule has 28 heavy (non-hydrogen) atoms. The Morgan fingerprint density at radius 3 is 2.82 bits per heavy atom. The Kier molecular flexibility index (Phi) is 7.15. The predicted molar refractivity (Wildman–Crippen MR) is 112 cm³/mol. The number of carbonyl (C=O) groups is 1. The number of rotatable bonds is 9. The molecular weight excluding hydrogens is 354 g/mol. The van der Waals surface area contributed by atoms with Gasteiger partial charge in [-0.15, -0.1) is 0 Å². The Morgan fingerprint density at radius 1 is 1.21 bits per heavy atom. The zero-order chi connectivity index (χ0) is 19.9. The van der Waals surface area contributed by atoms with Crippen LogP contribution in [0, 0.1) is 0 Å². The molecule has 1 heterocycles. The molecule has 2 aromatic rings. The molecule has 152 valence electrons. The molecule has 3 rings (SSSR count). The summed E-state index contributed by atoms with van der Waals surface area (Å²) in [6, 6.07) is 4.10. The second-order valence-corrected chi connectivity index (χ2v) is 7.16.